The van der Waals surface area contributed by atoms with Crippen molar-refractivity contribution in [1.29, 1.82) is 0 Å². The topological polar surface area (TPSA) is 64.1 Å². The molecule has 0 saturated heterocycles. The first-order valence-electron chi connectivity index (χ1n) is 4.03. The smallest absolute Gasteiger partial charge is 0.330 e. The number of hydrogen-bond acceptors (Lipinski definition) is 3. The third-order valence-electron chi connectivity index (χ3n) is 1.78. The zero-order valence-corrected chi connectivity index (χ0v) is 7.61. The Morgan fingerprint density at radius 3 is 2.77 bits per heavy atom. The lowest BCUT2D eigenvalue weighted by Gasteiger charge is -2.14. The molecule has 1 aromatic heterocycles. The SMILES string of the molecule is CC[C@@H](OC)n1ccc(=O)[nH]c1=O. The molecule has 0 aromatic carbocycles. The van der Waals surface area contributed by atoms with Gasteiger partial charge in [0.05, 0.1) is 0 Å². The van der Waals surface area contributed by atoms with Gasteiger partial charge in [-0.05, 0) is 6.42 Å². The van der Waals surface area contributed by atoms with E-state index in [-0.39, 0.29) is 6.23 Å². The highest BCUT2D eigenvalue weighted by Gasteiger charge is 2.07. The first-order valence-corrected chi connectivity index (χ1v) is 4.03. The van der Waals surface area contributed by atoms with Crippen molar-refractivity contribution < 1.29 is 4.74 Å². The molecule has 0 fully saturated rings. The highest BCUT2D eigenvalue weighted by molar-refractivity contribution is 4.83. The Balaban J connectivity index is 3.14. The molecule has 0 bridgehead atoms. The van der Waals surface area contributed by atoms with E-state index in [9.17, 15) is 9.59 Å². The monoisotopic (exact) mass is 184 g/mol. The van der Waals surface area contributed by atoms with E-state index in [1.54, 1.807) is 0 Å². The van der Waals surface area contributed by atoms with Crippen LogP contribution in [0.25, 0.3) is 0 Å². The van der Waals surface area contributed by atoms with E-state index in [4.69, 9.17) is 4.74 Å². The van der Waals surface area contributed by atoms with Gasteiger partial charge >= 0.3 is 5.69 Å². The van der Waals surface area contributed by atoms with Crippen molar-refractivity contribution in [3.05, 3.63) is 33.1 Å². The lowest BCUT2D eigenvalue weighted by Crippen LogP contribution is -2.31. The van der Waals surface area contributed by atoms with Crippen LogP contribution in [0, 0.1) is 0 Å². The molecule has 1 aromatic rings. The summed E-state index contributed by atoms with van der Waals surface area (Å²) < 4.78 is 6.40. The Morgan fingerprint density at radius 2 is 2.31 bits per heavy atom. The second-order valence-corrected chi connectivity index (χ2v) is 2.62. The van der Waals surface area contributed by atoms with Gasteiger partial charge in [0, 0.05) is 19.4 Å². The third kappa shape index (κ3) is 2.06. The number of nitrogens with one attached hydrogen (secondary N) is 1. The normalized spacial score (nSPS) is 12.8. The van der Waals surface area contributed by atoms with Crippen molar-refractivity contribution in [3.8, 4) is 0 Å². The largest absolute Gasteiger partial charge is 0.361 e. The number of aromatic nitrogens is 2. The summed E-state index contributed by atoms with van der Waals surface area (Å²) in [6.45, 7) is 1.89. The molecule has 0 aliphatic heterocycles. The van der Waals surface area contributed by atoms with Crippen LogP contribution in [0.3, 0.4) is 0 Å². The molecule has 5 heteroatoms. The van der Waals surface area contributed by atoms with Gasteiger partial charge in [-0.25, -0.2) is 4.79 Å². The summed E-state index contributed by atoms with van der Waals surface area (Å²) in [5.74, 6) is 0. The van der Waals surface area contributed by atoms with Crippen molar-refractivity contribution in [2.75, 3.05) is 7.11 Å². The van der Waals surface area contributed by atoms with Gasteiger partial charge in [-0.2, -0.15) is 0 Å². The molecule has 0 radical (unpaired) electrons. The summed E-state index contributed by atoms with van der Waals surface area (Å²) in [6.07, 6.45) is 1.78. The van der Waals surface area contributed by atoms with Crippen molar-refractivity contribution in [2.45, 2.75) is 19.6 Å². The van der Waals surface area contributed by atoms with Crippen molar-refractivity contribution >= 4 is 0 Å². The number of ether oxygens (including phenoxy) is 1. The average Bonchev–Trinajstić information content (AvgIpc) is 2.10. The number of H-pyrrole nitrogens is 1. The van der Waals surface area contributed by atoms with E-state index in [2.05, 4.69) is 4.98 Å². The average molecular weight is 184 g/mol. The molecule has 72 valence electrons. The Hall–Kier alpha value is -1.36. The summed E-state index contributed by atoms with van der Waals surface area (Å²) in [5, 5.41) is 0. The molecule has 1 rings (SSSR count). The maximum atomic E-state index is 11.2. The number of hydrogen-bond donors (Lipinski definition) is 1. The molecule has 0 amide bonds. The fourth-order valence-electron chi connectivity index (χ4n) is 1.13. The highest BCUT2D eigenvalue weighted by Crippen LogP contribution is 2.06. The van der Waals surface area contributed by atoms with Gasteiger partial charge in [-0.1, -0.05) is 6.92 Å². The van der Waals surface area contributed by atoms with Crippen LogP contribution in [0.5, 0.6) is 0 Å². The minimum Gasteiger partial charge on any atom is -0.361 e. The van der Waals surface area contributed by atoms with E-state index < -0.39 is 11.2 Å². The van der Waals surface area contributed by atoms with Crippen molar-refractivity contribution in [1.82, 2.24) is 9.55 Å². The number of rotatable bonds is 3. The molecule has 0 spiro atoms. The molecule has 1 atom stereocenters. The zero-order valence-electron chi connectivity index (χ0n) is 7.61. The summed E-state index contributed by atoms with van der Waals surface area (Å²) >= 11 is 0. The van der Waals surface area contributed by atoms with Crippen LogP contribution in [0.15, 0.2) is 21.9 Å². The van der Waals surface area contributed by atoms with Crippen LogP contribution < -0.4 is 11.2 Å². The van der Waals surface area contributed by atoms with Crippen LogP contribution in [-0.2, 0) is 4.74 Å². The number of methoxy groups -OCH3 is 1. The number of aromatic amines is 1. The van der Waals surface area contributed by atoms with Gasteiger partial charge in [0.15, 0.2) is 0 Å². The standard InChI is InChI=1S/C8H12N2O3/c1-3-7(13-2)10-5-4-6(11)9-8(10)12/h4-5,7H,3H2,1-2H3,(H,9,11,12)/t7-/m1/s1. The highest BCUT2D eigenvalue weighted by atomic mass is 16.5. The molecule has 5 nitrogen and oxygen atoms in total. The predicted molar refractivity (Wildman–Crippen MR) is 47.7 cm³/mol. The summed E-state index contributed by atoms with van der Waals surface area (Å²) in [6, 6.07) is 1.29. The maximum Gasteiger partial charge on any atom is 0.330 e. The Labute approximate surface area is 75.0 Å². The fraction of sp³-hybridized carbons (Fsp3) is 0.500. The predicted octanol–water partition coefficient (Wildman–Crippen LogP) is 0.0916. The Morgan fingerprint density at radius 1 is 1.62 bits per heavy atom. The molecule has 1 N–H and O–H groups in total. The van der Waals surface area contributed by atoms with Gasteiger partial charge in [0.25, 0.3) is 5.56 Å². The minimum absolute atomic E-state index is 0.315. The molecule has 0 aliphatic carbocycles. The van der Waals surface area contributed by atoms with E-state index in [0.29, 0.717) is 6.42 Å². The van der Waals surface area contributed by atoms with Gasteiger partial charge < -0.3 is 4.74 Å². The number of nitrogens with zero attached hydrogens (tertiary/aromatic N) is 1. The van der Waals surface area contributed by atoms with E-state index in [1.807, 2.05) is 6.92 Å². The van der Waals surface area contributed by atoms with Crippen molar-refractivity contribution in [2.24, 2.45) is 0 Å². The molecule has 13 heavy (non-hydrogen) atoms. The Kier molecular flexibility index (Phi) is 3.02. The van der Waals surface area contributed by atoms with E-state index in [1.165, 1.54) is 23.9 Å². The molecule has 0 aliphatic rings. The minimum atomic E-state index is -0.443. The fourth-order valence-corrected chi connectivity index (χ4v) is 1.13. The summed E-state index contributed by atoms with van der Waals surface area (Å²) in [5.41, 5.74) is -0.839. The molecular formula is C8H12N2O3. The molecular weight excluding hydrogens is 172 g/mol. The van der Waals surface area contributed by atoms with Crippen LogP contribution >= 0.6 is 0 Å². The van der Waals surface area contributed by atoms with Crippen LogP contribution in [0.4, 0.5) is 0 Å². The van der Waals surface area contributed by atoms with Gasteiger partial charge in [-0.3, -0.25) is 14.3 Å². The summed E-state index contributed by atoms with van der Waals surface area (Å²) in [4.78, 5) is 24.1. The van der Waals surface area contributed by atoms with Gasteiger partial charge in [0.1, 0.15) is 6.23 Å². The Bertz CT molecular complexity index is 375. The van der Waals surface area contributed by atoms with Crippen LogP contribution in [0.1, 0.15) is 19.6 Å². The van der Waals surface area contributed by atoms with E-state index >= 15 is 0 Å². The first kappa shape index (κ1) is 9.73. The van der Waals surface area contributed by atoms with Crippen molar-refractivity contribution in [3.63, 3.8) is 0 Å². The molecule has 1 heterocycles. The lowest BCUT2D eigenvalue weighted by molar-refractivity contribution is 0.0370. The second kappa shape index (κ2) is 4.04. The van der Waals surface area contributed by atoms with Crippen LogP contribution in [-0.4, -0.2) is 16.7 Å². The lowest BCUT2D eigenvalue weighted by atomic mass is 10.4. The zero-order chi connectivity index (χ0) is 9.84. The first-order chi connectivity index (χ1) is 6.19. The van der Waals surface area contributed by atoms with E-state index in [0.717, 1.165) is 0 Å². The second-order valence-electron chi connectivity index (χ2n) is 2.62. The molecule has 0 unspecified atom stereocenters. The van der Waals surface area contributed by atoms with Crippen LogP contribution in [0.2, 0.25) is 0 Å². The molecule has 0 saturated carbocycles. The maximum absolute atomic E-state index is 11.2. The quantitative estimate of drug-likeness (QED) is 0.724. The third-order valence-corrected chi connectivity index (χ3v) is 1.78. The van der Waals surface area contributed by atoms with Gasteiger partial charge in [-0.15, -0.1) is 0 Å². The van der Waals surface area contributed by atoms with Gasteiger partial charge in [0.2, 0.25) is 0 Å². The summed E-state index contributed by atoms with van der Waals surface area (Å²) in [7, 11) is 1.52.